The Morgan fingerprint density at radius 1 is 1.14 bits per heavy atom. The standard InChI is InChI=1S/C17H20N2O3/c18-9-3-6-16(20)19-15(17(21)22)11-12-7-8-13-4-1-2-5-14(13)10-12/h1-2,4-5,7-8,10,15H,3,6,9,11,18H2,(H,19,20)(H,21,22)/t15-/m0/s1. The van der Waals surface area contributed by atoms with Crippen molar-refractivity contribution in [2.75, 3.05) is 6.54 Å². The molecule has 0 unspecified atom stereocenters. The van der Waals surface area contributed by atoms with Crippen molar-refractivity contribution in [3.05, 3.63) is 48.0 Å². The van der Waals surface area contributed by atoms with Crippen LogP contribution in [0.3, 0.4) is 0 Å². The third-order valence-electron chi connectivity index (χ3n) is 3.49. The molecule has 5 heteroatoms. The van der Waals surface area contributed by atoms with Gasteiger partial charge >= 0.3 is 5.97 Å². The van der Waals surface area contributed by atoms with E-state index in [9.17, 15) is 14.7 Å². The topological polar surface area (TPSA) is 92.4 Å². The summed E-state index contributed by atoms with van der Waals surface area (Å²) in [5, 5.41) is 14.0. The van der Waals surface area contributed by atoms with E-state index in [1.807, 2.05) is 42.5 Å². The molecule has 2 aromatic carbocycles. The molecule has 0 aromatic heterocycles. The van der Waals surface area contributed by atoms with Gasteiger partial charge in [-0.05, 0) is 29.3 Å². The van der Waals surface area contributed by atoms with E-state index in [4.69, 9.17) is 5.73 Å². The number of aliphatic carboxylic acids is 1. The van der Waals surface area contributed by atoms with Gasteiger partial charge < -0.3 is 16.2 Å². The molecule has 0 aliphatic rings. The Morgan fingerprint density at radius 3 is 2.55 bits per heavy atom. The molecular weight excluding hydrogens is 280 g/mol. The van der Waals surface area contributed by atoms with Crippen molar-refractivity contribution in [3.8, 4) is 0 Å². The number of hydrogen-bond donors (Lipinski definition) is 3. The highest BCUT2D eigenvalue weighted by Crippen LogP contribution is 2.16. The minimum atomic E-state index is -1.03. The van der Waals surface area contributed by atoms with E-state index in [1.165, 1.54) is 0 Å². The number of amides is 1. The summed E-state index contributed by atoms with van der Waals surface area (Å²) in [6, 6.07) is 12.8. The van der Waals surface area contributed by atoms with Gasteiger partial charge in [0.15, 0.2) is 0 Å². The lowest BCUT2D eigenvalue weighted by molar-refractivity contribution is -0.141. The highest BCUT2D eigenvalue weighted by Gasteiger charge is 2.20. The van der Waals surface area contributed by atoms with Gasteiger partial charge in [-0.2, -0.15) is 0 Å². The van der Waals surface area contributed by atoms with Crippen molar-refractivity contribution in [1.82, 2.24) is 5.32 Å². The third-order valence-corrected chi connectivity index (χ3v) is 3.49. The number of rotatable bonds is 7. The summed E-state index contributed by atoms with van der Waals surface area (Å²) in [6.07, 6.45) is 1.06. The Balaban J connectivity index is 2.08. The average Bonchev–Trinajstić information content (AvgIpc) is 2.52. The van der Waals surface area contributed by atoms with Gasteiger partial charge in [-0.15, -0.1) is 0 Å². The number of carbonyl (C=O) groups excluding carboxylic acids is 1. The Hall–Kier alpha value is -2.40. The lowest BCUT2D eigenvalue weighted by Gasteiger charge is -2.15. The van der Waals surface area contributed by atoms with Gasteiger partial charge in [-0.3, -0.25) is 4.79 Å². The average molecular weight is 300 g/mol. The van der Waals surface area contributed by atoms with Crippen LogP contribution in [-0.2, 0) is 16.0 Å². The maximum absolute atomic E-state index is 11.7. The predicted molar refractivity (Wildman–Crippen MR) is 85.5 cm³/mol. The van der Waals surface area contributed by atoms with Crippen LogP contribution in [0.5, 0.6) is 0 Å². The molecule has 0 saturated carbocycles. The van der Waals surface area contributed by atoms with Crippen LogP contribution in [0.1, 0.15) is 18.4 Å². The maximum Gasteiger partial charge on any atom is 0.326 e. The zero-order valence-corrected chi connectivity index (χ0v) is 12.3. The SMILES string of the molecule is NCCCC(=O)N[C@@H](Cc1ccc2ccccc2c1)C(=O)O. The van der Waals surface area contributed by atoms with Crippen LogP contribution in [0.25, 0.3) is 10.8 Å². The molecule has 0 saturated heterocycles. The molecule has 2 aromatic rings. The molecule has 0 radical (unpaired) electrons. The van der Waals surface area contributed by atoms with Crippen molar-refractivity contribution in [3.63, 3.8) is 0 Å². The summed E-state index contributed by atoms with van der Waals surface area (Å²) in [4.78, 5) is 23.0. The summed E-state index contributed by atoms with van der Waals surface area (Å²) in [5.41, 5.74) is 6.23. The molecule has 1 atom stereocenters. The van der Waals surface area contributed by atoms with Crippen LogP contribution in [-0.4, -0.2) is 29.6 Å². The molecule has 0 bridgehead atoms. The van der Waals surface area contributed by atoms with Crippen molar-refractivity contribution >= 4 is 22.6 Å². The van der Waals surface area contributed by atoms with Crippen LogP contribution in [0, 0.1) is 0 Å². The van der Waals surface area contributed by atoms with E-state index < -0.39 is 12.0 Å². The number of benzene rings is 2. The lowest BCUT2D eigenvalue weighted by Crippen LogP contribution is -2.42. The Morgan fingerprint density at radius 2 is 1.86 bits per heavy atom. The van der Waals surface area contributed by atoms with E-state index in [-0.39, 0.29) is 18.7 Å². The van der Waals surface area contributed by atoms with Crippen molar-refractivity contribution in [2.24, 2.45) is 5.73 Å². The first-order valence-corrected chi connectivity index (χ1v) is 7.30. The Bertz CT molecular complexity index is 670. The molecule has 0 spiro atoms. The smallest absolute Gasteiger partial charge is 0.326 e. The van der Waals surface area contributed by atoms with Crippen LogP contribution < -0.4 is 11.1 Å². The van der Waals surface area contributed by atoms with Gasteiger partial charge in [-0.25, -0.2) is 4.79 Å². The van der Waals surface area contributed by atoms with Crippen molar-refractivity contribution in [1.29, 1.82) is 0 Å². The van der Waals surface area contributed by atoms with E-state index >= 15 is 0 Å². The minimum Gasteiger partial charge on any atom is -0.480 e. The fourth-order valence-electron chi connectivity index (χ4n) is 2.33. The zero-order valence-electron chi connectivity index (χ0n) is 12.3. The Kier molecular flexibility index (Phi) is 5.49. The van der Waals surface area contributed by atoms with Crippen LogP contribution in [0.2, 0.25) is 0 Å². The van der Waals surface area contributed by atoms with Crippen molar-refractivity contribution < 1.29 is 14.7 Å². The summed E-state index contributed by atoms with van der Waals surface area (Å²) >= 11 is 0. The van der Waals surface area contributed by atoms with Crippen LogP contribution in [0.4, 0.5) is 0 Å². The number of nitrogens with one attached hydrogen (secondary N) is 1. The number of carbonyl (C=O) groups is 2. The van der Waals surface area contributed by atoms with Crippen molar-refractivity contribution in [2.45, 2.75) is 25.3 Å². The quantitative estimate of drug-likeness (QED) is 0.725. The van der Waals surface area contributed by atoms with E-state index in [2.05, 4.69) is 5.32 Å². The molecule has 0 aliphatic carbocycles. The van der Waals surface area contributed by atoms with Gasteiger partial charge in [-0.1, -0.05) is 42.5 Å². The molecular formula is C17H20N2O3. The molecule has 0 heterocycles. The molecule has 2 rings (SSSR count). The van der Waals surface area contributed by atoms with Crippen LogP contribution in [0.15, 0.2) is 42.5 Å². The number of fused-ring (bicyclic) bond motifs is 1. The first-order valence-electron chi connectivity index (χ1n) is 7.30. The van der Waals surface area contributed by atoms with Gasteiger partial charge in [0.2, 0.25) is 5.91 Å². The third kappa shape index (κ3) is 4.30. The maximum atomic E-state index is 11.7. The lowest BCUT2D eigenvalue weighted by atomic mass is 10.0. The summed E-state index contributed by atoms with van der Waals surface area (Å²) in [7, 11) is 0. The molecule has 5 nitrogen and oxygen atoms in total. The summed E-state index contributed by atoms with van der Waals surface area (Å²) in [5.74, 6) is -1.31. The van der Waals surface area contributed by atoms with Gasteiger partial charge in [0.05, 0.1) is 0 Å². The minimum absolute atomic E-state index is 0.248. The molecule has 4 N–H and O–H groups in total. The molecule has 0 aliphatic heterocycles. The molecule has 22 heavy (non-hydrogen) atoms. The van der Waals surface area contributed by atoms with E-state index in [1.54, 1.807) is 0 Å². The van der Waals surface area contributed by atoms with E-state index in [0.29, 0.717) is 13.0 Å². The number of hydrogen-bond acceptors (Lipinski definition) is 3. The van der Waals surface area contributed by atoms with E-state index in [0.717, 1.165) is 16.3 Å². The second kappa shape index (κ2) is 7.56. The number of carboxylic acids is 1. The van der Waals surface area contributed by atoms with Gasteiger partial charge in [0, 0.05) is 12.8 Å². The highest BCUT2D eigenvalue weighted by molar-refractivity contribution is 5.85. The predicted octanol–water partition coefficient (Wildman–Crippen LogP) is 1.69. The summed E-state index contributed by atoms with van der Waals surface area (Å²) in [6.45, 7) is 0.413. The second-order valence-electron chi connectivity index (χ2n) is 5.24. The summed E-state index contributed by atoms with van der Waals surface area (Å²) < 4.78 is 0. The largest absolute Gasteiger partial charge is 0.480 e. The zero-order chi connectivity index (χ0) is 15.9. The monoisotopic (exact) mass is 300 g/mol. The second-order valence-corrected chi connectivity index (χ2v) is 5.24. The number of carboxylic acid groups (broad SMARTS) is 1. The number of nitrogens with two attached hydrogens (primary N) is 1. The molecule has 116 valence electrons. The highest BCUT2D eigenvalue weighted by atomic mass is 16.4. The fourth-order valence-corrected chi connectivity index (χ4v) is 2.33. The first-order chi connectivity index (χ1) is 10.6. The Labute approximate surface area is 129 Å². The van der Waals surface area contributed by atoms with Crippen LogP contribution >= 0.6 is 0 Å². The normalized spacial score (nSPS) is 12.0. The van der Waals surface area contributed by atoms with Gasteiger partial charge in [0.25, 0.3) is 0 Å². The van der Waals surface area contributed by atoms with Gasteiger partial charge in [0.1, 0.15) is 6.04 Å². The fraction of sp³-hybridized carbons (Fsp3) is 0.294. The molecule has 1 amide bonds. The first kappa shape index (κ1) is 16.0. The molecule has 0 fully saturated rings.